The third kappa shape index (κ3) is 4.48. The Kier molecular flexibility index (Phi) is 6.34. The third-order valence-corrected chi connectivity index (χ3v) is 8.14. The molecule has 1 N–H and O–H groups in total. The van der Waals surface area contributed by atoms with E-state index < -0.39 is 15.6 Å². The number of nitrogens with zero attached hydrogens (tertiary/aromatic N) is 5. The van der Waals surface area contributed by atoms with Crippen molar-refractivity contribution in [1.82, 2.24) is 29.3 Å². The molecule has 0 aliphatic carbocycles. The second kappa shape index (κ2) is 8.85. The van der Waals surface area contributed by atoms with Gasteiger partial charge in [-0.1, -0.05) is 41.4 Å². The first-order chi connectivity index (χ1) is 14.8. The average molecular weight is 485 g/mol. The van der Waals surface area contributed by atoms with Crippen molar-refractivity contribution in [2.45, 2.75) is 38.6 Å². The molecule has 0 bridgehead atoms. The van der Waals surface area contributed by atoms with E-state index in [4.69, 9.17) is 23.2 Å². The number of aromatic nitrogens is 5. The lowest BCUT2D eigenvalue weighted by Gasteiger charge is -2.31. The highest BCUT2D eigenvalue weighted by Gasteiger charge is 2.31. The van der Waals surface area contributed by atoms with Crippen LogP contribution in [-0.4, -0.2) is 56.5 Å². The Morgan fingerprint density at radius 3 is 2.71 bits per heavy atom. The number of fused-ring (bicyclic) bond motifs is 1. The van der Waals surface area contributed by atoms with Crippen LogP contribution in [0.2, 0.25) is 10.0 Å². The Morgan fingerprint density at radius 2 is 2.00 bits per heavy atom. The van der Waals surface area contributed by atoms with Gasteiger partial charge < -0.3 is 4.98 Å². The number of aromatic amines is 1. The molecule has 0 unspecified atom stereocenters. The van der Waals surface area contributed by atoms with Crippen molar-refractivity contribution in [2.75, 3.05) is 18.8 Å². The third-order valence-electron chi connectivity index (χ3n) is 5.39. The average Bonchev–Trinajstić information content (AvgIpc) is 3.14. The van der Waals surface area contributed by atoms with Gasteiger partial charge in [-0.3, -0.25) is 4.79 Å². The summed E-state index contributed by atoms with van der Waals surface area (Å²) in [6, 6.07) is 5.19. The molecule has 4 rings (SSSR count). The highest BCUT2D eigenvalue weighted by Crippen LogP contribution is 2.28. The molecule has 0 amide bonds. The number of hydrogen-bond acceptors (Lipinski definition) is 6. The van der Waals surface area contributed by atoms with Gasteiger partial charge in [0.15, 0.2) is 11.2 Å². The summed E-state index contributed by atoms with van der Waals surface area (Å²) in [5.41, 5.74) is 0.655. The standard InChI is InChI=1S/C19H22Cl2N6O3S/c1-2-9-31(29,30)26-8-4-5-12(10-26)17-22-18-16(19(28)23-17)24-25-27(18)11-13-14(20)6-3-7-15(13)21/h3,6-7,12H,2,4-5,8-11H2,1H3,(H,22,23,28)/t12-/m0/s1. The SMILES string of the molecule is CCCS(=O)(=O)N1CCC[C@H](c2nc3c(nnn3Cc3c(Cl)cccc3Cl)c(=O)[nH]2)C1. The minimum absolute atomic E-state index is 0.109. The molecule has 1 fully saturated rings. The molecule has 31 heavy (non-hydrogen) atoms. The Balaban J connectivity index is 1.69. The second-order valence-corrected chi connectivity index (χ2v) is 10.5. The van der Waals surface area contributed by atoms with Gasteiger partial charge in [-0.2, -0.15) is 0 Å². The van der Waals surface area contributed by atoms with Crippen LogP contribution in [0.3, 0.4) is 0 Å². The zero-order valence-corrected chi connectivity index (χ0v) is 19.2. The zero-order chi connectivity index (χ0) is 22.2. The number of rotatable bonds is 6. The van der Waals surface area contributed by atoms with Crippen molar-refractivity contribution in [1.29, 1.82) is 0 Å². The molecule has 3 aromatic rings. The molecule has 0 radical (unpaired) electrons. The van der Waals surface area contributed by atoms with Gasteiger partial charge in [-0.25, -0.2) is 22.4 Å². The molecule has 1 aromatic carbocycles. The molecule has 1 saturated heterocycles. The van der Waals surface area contributed by atoms with Crippen LogP contribution in [0.5, 0.6) is 0 Å². The van der Waals surface area contributed by atoms with Crippen LogP contribution in [0.25, 0.3) is 11.2 Å². The molecule has 166 valence electrons. The fourth-order valence-corrected chi connectivity index (χ4v) is 5.93. The predicted molar refractivity (Wildman–Crippen MR) is 119 cm³/mol. The maximum absolute atomic E-state index is 12.6. The van der Waals surface area contributed by atoms with Crippen molar-refractivity contribution in [2.24, 2.45) is 0 Å². The summed E-state index contributed by atoms with van der Waals surface area (Å²) < 4.78 is 28.0. The van der Waals surface area contributed by atoms with E-state index in [9.17, 15) is 13.2 Å². The summed E-state index contributed by atoms with van der Waals surface area (Å²) in [7, 11) is -3.32. The normalized spacial score (nSPS) is 18.0. The molecule has 1 aliphatic rings. The molecule has 0 saturated carbocycles. The van der Waals surface area contributed by atoms with Crippen LogP contribution in [0.4, 0.5) is 0 Å². The van der Waals surface area contributed by atoms with Gasteiger partial charge in [0.2, 0.25) is 10.0 Å². The molecule has 12 heteroatoms. The quantitative estimate of drug-likeness (QED) is 0.575. The fourth-order valence-electron chi connectivity index (χ4n) is 3.82. The van der Waals surface area contributed by atoms with Crippen molar-refractivity contribution in [3.63, 3.8) is 0 Å². The van der Waals surface area contributed by atoms with Gasteiger partial charge in [0.05, 0.1) is 12.3 Å². The van der Waals surface area contributed by atoms with E-state index in [1.54, 1.807) is 18.2 Å². The lowest BCUT2D eigenvalue weighted by atomic mass is 9.99. The van der Waals surface area contributed by atoms with E-state index in [0.717, 1.165) is 6.42 Å². The number of halogens is 2. The van der Waals surface area contributed by atoms with Crippen LogP contribution in [0.1, 0.15) is 43.5 Å². The molecule has 1 atom stereocenters. The first-order valence-corrected chi connectivity index (χ1v) is 12.4. The Morgan fingerprint density at radius 1 is 1.26 bits per heavy atom. The van der Waals surface area contributed by atoms with Crippen LogP contribution >= 0.6 is 23.2 Å². The summed E-state index contributed by atoms with van der Waals surface area (Å²) in [6.45, 7) is 2.81. The Labute approximate surface area is 189 Å². The number of nitrogens with one attached hydrogen (secondary N) is 1. The number of hydrogen-bond donors (Lipinski definition) is 1. The van der Waals surface area contributed by atoms with Crippen LogP contribution < -0.4 is 5.56 Å². The van der Waals surface area contributed by atoms with Gasteiger partial charge in [-0.15, -0.1) is 5.10 Å². The van der Waals surface area contributed by atoms with Crippen LogP contribution in [0.15, 0.2) is 23.0 Å². The van der Waals surface area contributed by atoms with Crippen molar-refractivity contribution >= 4 is 44.4 Å². The van der Waals surface area contributed by atoms with Gasteiger partial charge in [0.1, 0.15) is 5.82 Å². The van der Waals surface area contributed by atoms with E-state index in [-0.39, 0.29) is 30.3 Å². The maximum Gasteiger partial charge on any atom is 0.281 e. The van der Waals surface area contributed by atoms with E-state index in [0.29, 0.717) is 46.5 Å². The molecule has 2 aromatic heterocycles. The van der Waals surface area contributed by atoms with Gasteiger partial charge in [0, 0.05) is 34.6 Å². The number of H-pyrrole nitrogens is 1. The molecule has 1 aliphatic heterocycles. The molecule has 3 heterocycles. The molecule has 0 spiro atoms. The summed E-state index contributed by atoms with van der Waals surface area (Å²) in [4.78, 5) is 20.0. The first-order valence-electron chi connectivity index (χ1n) is 10.0. The van der Waals surface area contributed by atoms with Gasteiger partial charge in [-0.05, 0) is 31.4 Å². The molecular weight excluding hydrogens is 463 g/mol. The van der Waals surface area contributed by atoms with Crippen LogP contribution in [-0.2, 0) is 16.6 Å². The van der Waals surface area contributed by atoms with E-state index in [1.165, 1.54) is 8.99 Å². The molecular formula is C19H22Cl2N6O3S. The van der Waals surface area contributed by atoms with E-state index in [1.807, 2.05) is 6.92 Å². The number of piperidine rings is 1. The van der Waals surface area contributed by atoms with E-state index in [2.05, 4.69) is 20.3 Å². The Bertz CT molecular complexity index is 1250. The van der Waals surface area contributed by atoms with Crippen molar-refractivity contribution in [3.05, 3.63) is 50.0 Å². The smallest absolute Gasteiger partial charge is 0.281 e. The number of sulfonamides is 1. The van der Waals surface area contributed by atoms with Crippen molar-refractivity contribution < 1.29 is 8.42 Å². The first kappa shape index (κ1) is 22.2. The minimum atomic E-state index is -3.32. The van der Waals surface area contributed by atoms with Crippen LogP contribution in [0, 0.1) is 0 Å². The van der Waals surface area contributed by atoms with Gasteiger partial charge >= 0.3 is 0 Å². The topological polar surface area (TPSA) is 114 Å². The number of benzene rings is 1. The molecule has 9 nitrogen and oxygen atoms in total. The van der Waals surface area contributed by atoms with Gasteiger partial charge in [0.25, 0.3) is 5.56 Å². The lowest BCUT2D eigenvalue weighted by molar-refractivity contribution is 0.309. The highest BCUT2D eigenvalue weighted by molar-refractivity contribution is 7.89. The predicted octanol–water partition coefficient (Wildman–Crippen LogP) is 2.79. The summed E-state index contributed by atoms with van der Waals surface area (Å²) in [5.74, 6) is 0.324. The Hall–Kier alpha value is -2.01. The monoisotopic (exact) mass is 484 g/mol. The summed E-state index contributed by atoms with van der Waals surface area (Å²) >= 11 is 12.5. The fraction of sp³-hybridized carbons (Fsp3) is 0.474. The summed E-state index contributed by atoms with van der Waals surface area (Å²) in [6.07, 6.45) is 1.98. The van der Waals surface area contributed by atoms with E-state index >= 15 is 0 Å². The largest absolute Gasteiger partial charge is 0.308 e. The maximum atomic E-state index is 12.6. The lowest BCUT2D eigenvalue weighted by Crippen LogP contribution is -2.41. The minimum Gasteiger partial charge on any atom is -0.308 e. The highest BCUT2D eigenvalue weighted by atomic mass is 35.5. The second-order valence-electron chi connectivity index (χ2n) is 7.58. The summed E-state index contributed by atoms with van der Waals surface area (Å²) in [5, 5.41) is 8.97. The zero-order valence-electron chi connectivity index (χ0n) is 16.9. The van der Waals surface area contributed by atoms with Crippen molar-refractivity contribution in [3.8, 4) is 0 Å².